The van der Waals surface area contributed by atoms with Gasteiger partial charge in [-0.2, -0.15) is 0 Å². The van der Waals surface area contributed by atoms with E-state index in [4.69, 9.17) is 11.6 Å². The van der Waals surface area contributed by atoms with E-state index in [2.05, 4.69) is 42.3 Å². The molecule has 0 spiro atoms. The van der Waals surface area contributed by atoms with E-state index in [-0.39, 0.29) is 11.7 Å². The summed E-state index contributed by atoms with van der Waals surface area (Å²) in [6, 6.07) is 0. The van der Waals surface area contributed by atoms with Crippen LogP contribution in [0.1, 0.15) is 45.4 Å². The molecule has 0 aromatic rings. The highest BCUT2D eigenvalue weighted by Gasteiger charge is 2.32. The minimum atomic E-state index is 0.0236. The molecule has 0 aliphatic heterocycles. The molecule has 1 atom stereocenters. The zero-order valence-electron chi connectivity index (χ0n) is 17.0. The Labute approximate surface area is 173 Å². The van der Waals surface area contributed by atoms with E-state index in [1.165, 1.54) is 17.4 Å². The molecule has 0 amide bonds. The van der Waals surface area contributed by atoms with E-state index in [1.807, 2.05) is 19.2 Å². The van der Waals surface area contributed by atoms with Crippen molar-refractivity contribution in [2.24, 2.45) is 10.9 Å². The Morgan fingerprint density at radius 3 is 2.68 bits per heavy atom. The molecule has 0 aromatic carbocycles. The fraction of sp³-hybridized carbons (Fsp3) is 0.375. The number of aliphatic imine (C=N–C) groups is 1. The monoisotopic (exact) mass is 397 g/mol. The number of hydrogen-bond acceptors (Lipinski definition) is 2. The molecule has 2 aliphatic carbocycles. The summed E-state index contributed by atoms with van der Waals surface area (Å²) in [6.07, 6.45) is 14.2. The van der Waals surface area contributed by atoms with Gasteiger partial charge < -0.3 is 0 Å². The first kappa shape index (κ1) is 22.0. The van der Waals surface area contributed by atoms with Crippen molar-refractivity contribution in [3.05, 3.63) is 72.0 Å². The highest BCUT2D eigenvalue weighted by atomic mass is 35.5. The van der Waals surface area contributed by atoms with Crippen LogP contribution in [0.2, 0.25) is 0 Å². The van der Waals surface area contributed by atoms with Crippen LogP contribution < -0.4 is 0 Å². The quantitative estimate of drug-likeness (QED) is 0.180. The molecular weight excluding hydrogens is 368 g/mol. The van der Waals surface area contributed by atoms with Crippen molar-refractivity contribution < 1.29 is 9.37 Å². The van der Waals surface area contributed by atoms with Gasteiger partial charge >= 0.3 is 5.84 Å². The summed E-state index contributed by atoms with van der Waals surface area (Å²) in [5.41, 5.74) is 4.25. The molecule has 28 heavy (non-hydrogen) atoms. The average molecular weight is 398 g/mol. The number of hydrogen-bond donors (Lipinski definition) is 0. The second-order valence-corrected chi connectivity index (χ2v) is 7.57. The molecule has 2 rings (SSSR count). The normalized spacial score (nSPS) is 22.7. The van der Waals surface area contributed by atoms with Crippen molar-refractivity contribution in [3.63, 3.8) is 0 Å². The fourth-order valence-corrected chi connectivity index (χ4v) is 4.18. The Kier molecular flexibility index (Phi) is 8.13. The highest BCUT2D eigenvalue weighted by Crippen LogP contribution is 2.36. The first-order chi connectivity index (χ1) is 13.4. The lowest BCUT2D eigenvalue weighted by atomic mass is 9.95. The molecule has 4 heteroatoms. The Morgan fingerprint density at radius 2 is 2.04 bits per heavy atom. The lowest BCUT2D eigenvalue weighted by Gasteiger charge is -2.15. The van der Waals surface area contributed by atoms with Gasteiger partial charge in [0.1, 0.15) is 6.20 Å². The standard InChI is InChI=1S/C24H30ClN2O/c1-6-11-20-17(4)16-21(25)23(20)24(26-8-3)27(5)19-13-10-9-12-18(14-15-19)22(28)7-2/h6-8,14,16-17H,1-3,9-13,15H2,4-5H3/q+1. The number of ketones is 1. The Bertz CT molecular complexity index is 837. The average Bonchev–Trinajstić information content (AvgIpc) is 2.92. The molecule has 0 fully saturated rings. The molecular formula is C24H30ClN2O+. The van der Waals surface area contributed by atoms with Crippen LogP contribution in [-0.4, -0.2) is 29.0 Å². The Hall–Kier alpha value is -2.26. The maximum Gasteiger partial charge on any atom is 0.331 e. The number of carbonyl (C=O) groups is 1. The fourth-order valence-electron chi connectivity index (χ4n) is 3.78. The van der Waals surface area contributed by atoms with Gasteiger partial charge in [0.15, 0.2) is 5.78 Å². The SMILES string of the molecule is C=CCC1=C(C(=NC=C)[N+](C)=C2CC=C(C(=O)C=C)CCCC2)C(Cl)=CC1C. The van der Waals surface area contributed by atoms with E-state index in [1.54, 1.807) is 6.20 Å². The minimum Gasteiger partial charge on any atom is -0.290 e. The Balaban J connectivity index is 2.53. The summed E-state index contributed by atoms with van der Waals surface area (Å²) in [6.45, 7) is 13.4. The van der Waals surface area contributed by atoms with Crippen molar-refractivity contribution in [3.8, 4) is 0 Å². The largest absolute Gasteiger partial charge is 0.331 e. The smallest absolute Gasteiger partial charge is 0.290 e. The third kappa shape index (κ3) is 4.96. The van der Waals surface area contributed by atoms with E-state index in [9.17, 15) is 4.79 Å². The minimum absolute atomic E-state index is 0.0236. The van der Waals surface area contributed by atoms with Crippen LogP contribution in [0, 0.1) is 5.92 Å². The molecule has 3 nitrogen and oxygen atoms in total. The van der Waals surface area contributed by atoms with Crippen molar-refractivity contribution >= 4 is 28.9 Å². The maximum atomic E-state index is 12.1. The third-order valence-corrected chi connectivity index (χ3v) is 5.66. The molecule has 0 N–H and O–H groups in total. The molecule has 0 radical (unpaired) electrons. The van der Waals surface area contributed by atoms with Gasteiger partial charge in [-0.25, -0.2) is 4.58 Å². The molecule has 148 valence electrons. The summed E-state index contributed by atoms with van der Waals surface area (Å²) in [5.74, 6) is 1.08. The van der Waals surface area contributed by atoms with E-state index in [0.717, 1.165) is 54.1 Å². The third-order valence-electron chi connectivity index (χ3n) is 5.35. The molecule has 0 saturated heterocycles. The van der Waals surface area contributed by atoms with Crippen LogP contribution in [0.3, 0.4) is 0 Å². The summed E-state index contributed by atoms with van der Waals surface area (Å²) >= 11 is 6.61. The number of likely N-dealkylation sites (N-methyl/N-ethyl adjacent to an activating group) is 1. The molecule has 1 unspecified atom stereocenters. The van der Waals surface area contributed by atoms with Gasteiger partial charge in [-0.15, -0.1) is 6.58 Å². The van der Waals surface area contributed by atoms with Gasteiger partial charge in [0.2, 0.25) is 0 Å². The van der Waals surface area contributed by atoms with Crippen LogP contribution in [0.4, 0.5) is 0 Å². The van der Waals surface area contributed by atoms with Crippen LogP contribution >= 0.6 is 11.6 Å². The van der Waals surface area contributed by atoms with Crippen LogP contribution in [-0.2, 0) is 4.79 Å². The first-order valence-corrected chi connectivity index (χ1v) is 10.2. The van der Waals surface area contributed by atoms with E-state index >= 15 is 0 Å². The van der Waals surface area contributed by atoms with Crippen LogP contribution in [0.5, 0.6) is 0 Å². The highest BCUT2D eigenvalue weighted by molar-refractivity contribution is 6.36. The van der Waals surface area contributed by atoms with Gasteiger partial charge in [0.25, 0.3) is 0 Å². The second-order valence-electron chi connectivity index (χ2n) is 7.17. The molecule has 0 bridgehead atoms. The molecule has 0 aromatic heterocycles. The van der Waals surface area contributed by atoms with Crippen LogP contribution in [0.15, 0.2) is 77.0 Å². The van der Waals surface area contributed by atoms with E-state index in [0.29, 0.717) is 6.42 Å². The van der Waals surface area contributed by atoms with Crippen molar-refractivity contribution in [2.45, 2.75) is 45.4 Å². The first-order valence-electron chi connectivity index (χ1n) is 9.79. The number of nitrogens with zero attached hydrogens (tertiary/aromatic N) is 2. The summed E-state index contributed by atoms with van der Waals surface area (Å²) in [5, 5.41) is 0.723. The zero-order chi connectivity index (χ0) is 20.7. The van der Waals surface area contributed by atoms with Crippen LogP contribution in [0.25, 0.3) is 0 Å². The van der Waals surface area contributed by atoms with E-state index < -0.39 is 0 Å². The number of carbonyl (C=O) groups excluding carboxylic acids is 1. The van der Waals surface area contributed by atoms with Gasteiger partial charge in [0.05, 0.1) is 23.4 Å². The number of allylic oxidation sites excluding steroid dienone is 6. The topological polar surface area (TPSA) is 32.4 Å². The van der Waals surface area contributed by atoms with Gasteiger partial charge in [0, 0.05) is 12.8 Å². The van der Waals surface area contributed by atoms with Gasteiger partial charge in [-0.05, 0) is 53.8 Å². The second kappa shape index (κ2) is 10.3. The zero-order valence-corrected chi connectivity index (χ0v) is 17.8. The maximum absolute atomic E-state index is 12.1. The van der Waals surface area contributed by atoms with Crippen molar-refractivity contribution in [1.29, 1.82) is 0 Å². The number of rotatable bonds is 6. The van der Waals surface area contributed by atoms with Crippen molar-refractivity contribution in [2.75, 3.05) is 7.05 Å². The predicted octanol–water partition coefficient (Wildman–Crippen LogP) is 5.90. The molecule has 2 aliphatic rings. The summed E-state index contributed by atoms with van der Waals surface area (Å²) in [4.78, 5) is 16.6. The summed E-state index contributed by atoms with van der Waals surface area (Å²) < 4.78 is 2.12. The predicted molar refractivity (Wildman–Crippen MR) is 120 cm³/mol. The molecule has 0 heterocycles. The van der Waals surface area contributed by atoms with Gasteiger partial charge in [-0.3, -0.25) is 4.79 Å². The molecule has 0 saturated carbocycles. The number of amidine groups is 1. The van der Waals surface area contributed by atoms with Crippen molar-refractivity contribution in [1.82, 2.24) is 0 Å². The summed E-state index contributed by atoms with van der Waals surface area (Å²) in [7, 11) is 2.02. The number of halogens is 1. The lowest BCUT2D eigenvalue weighted by Crippen LogP contribution is -2.27. The Morgan fingerprint density at radius 1 is 1.32 bits per heavy atom. The van der Waals surface area contributed by atoms with Gasteiger partial charge in [-0.1, -0.05) is 49.9 Å². The lowest BCUT2D eigenvalue weighted by molar-refractivity contribution is -0.372.